The molecule has 2 saturated heterocycles. The van der Waals surface area contributed by atoms with E-state index >= 15 is 0 Å². The first kappa shape index (κ1) is 12.8. The van der Waals surface area contributed by atoms with Crippen molar-refractivity contribution in [3.8, 4) is 0 Å². The number of rotatable bonds is 5. The number of hydrogen-bond acceptors (Lipinski definition) is 5. The molecule has 2 bridgehead atoms. The van der Waals surface area contributed by atoms with Gasteiger partial charge in [-0.05, 0) is 26.8 Å². The lowest BCUT2D eigenvalue weighted by Gasteiger charge is -2.33. The lowest BCUT2D eigenvalue weighted by Crippen LogP contribution is -2.51. The van der Waals surface area contributed by atoms with E-state index in [1.54, 1.807) is 7.05 Å². The number of nitrogens with one attached hydrogen (secondary N) is 1. The molecule has 0 aromatic carbocycles. The molecule has 0 aromatic rings. The van der Waals surface area contributed by atoms with Crippen molar-refractivity contribution in [2.24, 2.45) is 0 Å². The molecule has 98 valence electrons. The van der Waals surface area contributed by atoms with Crippen LogP contribution in [-0.4, -0.2) is 62.4 Å². The van der Waals surface area contributed by atoms with Crippen LogP contribution in [0.1, 0.15) is 19.8 Å². The van der Waals surface area contributed by atoms with Crippen LogP contribution in [0.5, 0.6) is 0 Å². The number of esters is 1. The second kappa shape index (κ2) is 5.80. The summed E-state index contributed by atoms with van der Waals surface area (Å²) < 4.78 is 10.8. The molecule has 2 aliphatic rings. The van der Waals surface area contributed by atoms with Crippen molar-refractivity contribution in [2.45, 2.75) is 38.0 Å². The van der Waals surface area contributed by atoms with Crippen LogP contribution in [-0.2, 0) is 14.3 Å². The van der Waals surface area contributed by atoms with E-state index in [0.29, 0.717) is 25.4 Å². The van der Waals surface area contributed by atoms with Crippen LogP contribution in [0.4, 0.5) is 0 Å². The van der Waals surface area contributed by atoms with E-state index in [9.17, 15) is 4.79 Å². The van der Waals surface area contributed by atoms with Crippen LogP contribution in [0.3, 0.4) is 0 Å². The topological polar surface area (TPSA) is 50.8 Å². The van der Waals surface area contributed by atoms with Gasteiger partial charge in [0.25, 0.3) is 0 Å². The first-order valence-corrected chi connectivity index (χ1v) is 6.44. The number of likely N-dealkylation sites (tertiary alicyclic amines) is 1. The minimum atomic E-state index is -0.229. The Bertz CT molecular complexity index is 260. The van der Waals surface area contributed by atoms with Gasteiger partial charge in [0.2, 0.25) is 0 Å². The highest BCUT2D eigenvalue weighted by atomic mass is 16.5. The van der Waals surface area contributed by atoms with Crippen LogP contribution >= 0.6 is 0 Å². The first-order chi connectivity index (χ1) is 8.22. The Labute approximate surface area is 102 Å². The lowest BCUT2D eigenvalue weighted by atomic mass is 10.2. The minimum Gasteiger partial charge on any atom is -0.465 e. The summed E-state index contributed by atoms with van der Waals surface area (Å²) in [5.74, 6) is -0.158. The van der Waals surface area contributed by atoms with Crippen molar-refractivity contribution < 1.29 is 14.3 Å². The molecule has 2 aliphatic heterocycles. The molecule has 0 saturated carbocycles. The fraction of sp³-hybridized carbons (Fsp3) is 0.917. The zero-order chi connectivity index (χ0) is 12.3. The summed E-state index contributed by atoms with van der Waals surface area (Å²) in [6.07, 6.45) is 3.05. The summed E-state index contributed by atoms with van der Waals surface area (Å²) in [6, 6.07) is -0.229. The van der Waals surface area contributed by atoms with Crippen molar-refractivity contribution in [3.63, 3.8) is 0 Å². The molecule has 3 unspecified atom stereocenters. The molecule has 5 heteroatoms. The monoisotopic (exact) mass is 242 g/mol. The van der Waals surface area contributed by atoms with Crippen LogP contribution in [0.15, 0.2) is 0 Å². The predicted octanol–water partition coefficient (Wildman–Crippen LogP) is 0.000700. The quantitative estimate of drug-likeness (QED) is 0.688. The highest BCUT2D eigenvalue weighted by Gasteiger charge is 2.35. The second-order valence-corrected chi connectivity index (χ2v) is 4.77. The van der Waals surface area contributed by atoms with E-state index in [0.717, 1.165) is 25.9 Å². The smallest absolute Gasteiger partial charge is 0.324 e. The molecule has 2 rings (SSSR count). The van der Waals surface area contributed by atoms with E-state index in [-0.39, 0.29) is 12.0 Å². The van der Waals surface area contributed by atoms with Gasteiger partial charge in [-0.3, -0.25) is 9.69 Å². The number of hydrogen-bond donors (Lipinski definition) is 1. The average molecular weight is 242 g/mol. The second-order valence-electron chi connectivity index (χ2n) is 4.77. The Morgan fingerprint density at radius 1 is 1.47 bits per heavy atom. The Morgan fingerprint density at radius 3 is 2.65 bits per heavy atom. The van der Waals surface area contributed by atoms with Gasteiger partial charge in [-0.15, -0.1) is 0 Å². The normalized spacial score (nSPS) is 30.2. The Kier molecular flexibility index (Phi) is 4.36. The van der Waals surface area contributed by atoms with Gasteiger partial charge in [-0.25, -0.2) is 0 Å². The number of fused-ring (bicyclic) bond motifs is 2. The predicted molar refractivity (Wildman–Crippen MR) is 63.8 cm³/mol. The fourth-order valence-corrected chi connectivity index (χ4v) is 2.63. The highest BCUT2D eigenvalue weighted by molar-refractivity contribution is 5.76. The lowest BCUT2D eigenvalue weighted by molar-refractivity contribution is -0.146. The van der Waals surface area contributed by atoms with Gasteiger partial charge >= 0.3 is 5.97 Å². The summed E-state index contributed by atoms with van der Waals surface area (Å²) in [5.41, 5.74) is 0. The fourth-order valence-electron chi connectivity index (χ4n) is 2.63. The molecule has 2 heterocycles. The average Bonchev–Trinajstić information content (AvgIpc) is 2.66. The molecule has 0 spiro atoms. The third-order valence-electron chi connectivity index (χ3n) is 3.48. The molecule has 0 radical (unpaired) electrons. The Balaban J connectivity index is 1.84. The van der Waals surface area contributed by atoms with Gasteiger partial charge in [-0.2, -0.15) is 0 Å². The SMILES string of the molecule is CCOC(=O)C(CN1CC2CCC(C1)O2)NC. The highest BCUT2D eigenvalue weighted by Crippen LogP contribution is 2.26. The third-order valence-corrected chi connectivity index (χ3v) is 3.48. The molecule has 3 atom stereocenters. The maximum absolute atomic E-state index is 11.7. The van der Waals surface area contributed by atoms with Gasteiger partial charge in [0.15, 0.2) is 0 Å². The van der Waals surface area contributed by atoms with Gasteiger partial charge in [0.05, 0.1) is 18.8 Å². The summed E-state index contributed by atoms with van der Waals surface area (Å²) in [4.78, 5) is 14.0. The maximum Gasteiger partial charge on any atom is 0.324 e. The minimum absolute atomic E-state index is 0.158. The number of nitrogens with zero attached hydrogens (tertiary/aromatic N) is 1. The molecule has 17 heavy (non-hydrogen) atoms. The number of carbonyl (C=O) groups is 1. The molecule has 0 aromatic heterocycles. The first-order valence-electron chi connectivity index (χ1n) is 6.44. The van der Waals surface area contributed by atoms with Crippen LogP contribution in [0, 0.1) is 0 Å². The number of morpholine rings is 1. The Morgan fingerprint density at radius 2 is 2.12 bits per heavy atom. The van der Waals surface area contributed by atoms with E-state index in [1.807, 2.05) is 6.92 Å². The van der Waals surface area contributed by atoms with Gasteiger partial charge in [0, 0.05) is 19.6 Å². The molecular formula is C12H22N2O3. The summed E-state index contributed by atoms with van der Waals surface area (Å²) in [7, 11) is 1.80. The zero-order valence-electron chi connectivity index (χ0n) is 10.6. The number of carbonyl (C=O) groups excluding carboxylic acids is 1. The van der Waals surface area contributed by atoms with Crippen molar-refractivity contribution in [2.75, 3.05) is 33.3 Å². The van der Waals surface area contributed by atoms with Crippen molar-refractivity contribution >= 4 is 5.97 Å². The van der Waals surface area contributed by atoms with Crippen molar-refractivity contribution in [1.82, 2.24) is 10.2 Å². The molecule has 1 N–H and O–H groups in total. The van der Waals surface area contributed by atoms with Crippen LogP contribution < -0.4 is 5.32 Å². The van der Waals surface area contributed by atoms with Crippen molar-refractivity contribution in [3.05, 3.63) is 0 Å². The summed E-state index contributed by atoms with van der Waals surface area (Å²) >= 11 is 0. The maximum atomic E-state index is 11.7. The van der Waals surface area contributed by atoms with Crippen LogP contribution in [0.2, 0.25) is 0 Å². The molecule has 5 nitrogen and oxygen atoms in total. The third kappa shape index (κ3) is 3.18. The van der Waals surface area contributed by atoms with E-state index in [2.05, 4.69) is 10.2 Å². The molecule has 0 aliphatic carbocycles. The van der Waals surface area contributed by atoms with E-state index in [4.69, 9.17) is 9.47 Å². The summed E-state index contributed by atoms with van der Waals surface area (Å²) in [5, 5.41) is 3.03. The Hall–Kier alpha value is -0.650. The number of likely N-dealkylation sites (N-methyl/N-ethyl adjacent to an activating group) is 1. The van der Waals surface area contributed by atoms with Crippen LogP contribution in [0.25, 0.3) is 0 Å². The van der Waals surface area contributed by atoms with Gasteiger partial charge in [-0.1, -0.05) is 0 Å². The van der Waals surface area contributed by atoms with Crippen molar-refractivity contribution in [1.29, 1.82) is 0 Å². The molecule has 0 amide bonds. The van der Waals surface area contributed by atoms with E-state index in [1.165, 1.54) is 0 Å². The largest absolute Gasteiger partial charge is 0.465 e. The summed E-state index contributed by atoms with van der Waals surface area (Å²) in [6.45, 7) is 4.86. The van der Waals surface area contributed by atoms with Gasteiger partial charge in [0.1, 0.15) is 6.04 Å². The van der Waals surface area contributed by atoms with E-state index < -0.39 is 0 Å². The van der Waals surface area contributed by atoms with Gasteiger partial charge < -0.3 is 14.8 Å². The number of ether oxygens (including phenoxy) is 2. The zero-order valence-corrected chi connectivity index (χ0v) is 10.6. The molecular weight excluding hydrogens is 220 g/mol. The standard InChI is InChI=1S/C12H22N2O3/c1-3-16-12(15)11(13-2)8-14-6-9-4-5-10(7-14)17-9/h9-11,13H,3-8H2,1-2H3. The molecule has 2 fully saturated rings.